The van der Waals surface area contributed by atoms with Gasteiger partial charge in [-0.15, -0.1) is 0 Å². The lowest BCUT2D eigenvalue weighted by molar-refractivity contribution is -0.156. The summed E-state index contributed by atoms with van der Waals surface area (Å²) >= 11 is 0. The summed E-state index contributed by atoms with van der Waals surface area (Å²) in [6.45, 7) is 7.18. The van der Waals surface area contributed by atoms with Gasteiger partial charge in [0.15, 0.2) is 0 Å². The predicted octanol–water partition coefficient (Wildman–Crippen LogP) is 0.0789. The summed E-state index contributed by atoms with van der Waals surface area (Å²) in [5.41, 5.74) is 0. The largest absolute Gasteiger partial charge is 0.394 e. The van der Waals surface area contributed by atoms with Crippen molar-refractivity contribution in [2.24, 2.45) is 0 Å². The Balaban J connectivity index is 1.89. The second-order valence-corrected chi connectivity index (χ2v) is 5.52. The molecule has 5 nitrogen and oxygen atoms in total. The number of carbonyl (C=O) groups excluding carboxylic acids is 1. The standard InChI is InChI=1S/C13H24N2O3/c1-10(2)14-5-3-11(4-6-14)15-7-12(8-16)18-9-13(15)17/h10-12,16H,3-9H2,1-2H3. The molecule has 0 aromatic heterocycles. The first-order valence-electron chi connectivity index (χ1n) is 6.87. The summed E-state index contributed by atoms with van der Waals surface area (Å²) in [6, 6.07) is 0.905. The number of morpholine rings is 1. The number of piperidine rings is 1. The molecule has 2 aliphatic rings. The van der Waals surface area contributed by atoms with E-state index in [1.54, 1.807) is 0 Å². The molecule has 2 saturated heterocycles. The third-order valence-corrected chi connectivity index (χ3v) is 4.04. The van der Waals surface area contributed by atoms with Crippen LogP contribution in [-0.4, -0.2) is 71.8 Å². The molecule has 0 aromatic carbocycles. The second kappa shape index (κ2) is 5.99. The van der Waals surface area contributed by atoms with Crippen molar-refractivity contribution >= 4 is 5.91 Å². The van der Waals surface area contributed by atoms with Crippen LogP contribution in [0, 0.1) is 0 Å². The topological polar surface area (TPSA) is 53.0 Å². The van der Waals surface area contributed by atoms with E-state index in [1.807, 2.05) is 4.90 Å². The average Bonchev–Trinajstić information content (AvgIpc) is 2.39. The molecule has 1 atom stereocenters. The number of hydrogen-bond acceptors (Lipinski definition) is 4. The molecule has 0 radical (unpaired) electrons. The van der Waals surface area contributed by atoms with E-state index >= 15 is 0 Å². The van der Waals surface area contributed by atoms with Crippen molar-refractivity contribution in [3.63, 3.8) is 0 Å². The van der Waals surface area contributed by atoms with Gasteiger partial charge in [-0.3, -0.25) is 4.79 Å². The molecule has 2 heterocycles. The lowest BCUT2D eigenvalue weighted by atomic mass is 10.0. The van der Waals surface area contributed by atoms with E-state index in [4.69, 9.17) is 9.84 Å². The summed E-state index contributed by atoms with van der Waals surface area (Å²) < 4.78 is 5.27. The molecule has 1 N–H and O–H groups in total. The molecule has 0 saturated carbocycles. The van der Waals surface area contributed by atoms with Gasteiger partial charge >= 0.3 is 0 Å². The monoisotopic (exact) mass is 256 g/mol. The minimum atomic E-state index is -0.203. The minimum absolute atomic E-state index is 0.00534. The average molecular weight is 256 g/mol. The normalized spacial score (nSPS) is 28.1. The van der Waals surface area contributed by atoms with Crippen LogP contribution in [0.1, 0.15) is 26.7 Å². The molecule has 0 aliphatic carbocycles. The lowest BCUT2D eigenvalue weighted by Gasteiger charge is -2.42. The van der Waals surface area contributed by atoms with Crippen LogP contribution in [0.2, 0.25) is 0 Å². The van der Waals surface area contributed by atoms with E-state index in [0.717, 1.165) is 25.9 Å². The second-order valence-electron chi connectivity index (χ2n) is 5.52. The number of ether oxygens (including phenoxy) is 1. The van der Waals surface area contributed by atoms with Crippen LogP contribution in [0.25, 0.3) is 0 Å². The number of hydrogen-bond donors (Lipinski definition) is 1. The highest BCUT2D eigenvalue weighted by atomic mass is 16.5. The number of amides is 1. The molecule has 0 spiro atoms. The van der Waals surface area contributed by atoms with Crippen LogP contribution in [0.3, 0.4) is 0 Å². The summed E-state index contributed by atoms with van der Waals surface area (Å²) in [5.74, 6) is 0.0719. The van der Waals surface area contributed by atoms with Gasteiger partial charge in [0, 0.05) is 31.7 Å². The highest BCUT2D eigenvalue weighted by Crippen LogP contribution is 2.21. The Morgan fingerprint density at radius 1 is 1.39 bits per heavy atom. The van der Waals surface area contributed by atoms with E-state index in [-0.39, 0.29) is 25.2 Å². The van der Waals surface area contributed by atoms with Crippen molar-refractivity contribution in [3.05, 3.63) is 0 Å². The van der Waals surface area contributed by atoms with Crippen molar-refractivity contribution < 1.29 is 14.6 Å². The maximum absolute atomic E-state index is 11.9. The third kappa shape index (κ3) is 3.02. The zero-order valence-electron chi connectivity index (χ0n) is 11.3. The summed E-state index contributed by atoms with van der Waals surface area (Å²) in [4.78, 5) is 16.2. The van der Waals surface area contributed by atoms with Gasteiger partial charge in [-0.25, -0.2) is 0 Å². The first kappa shape index (κ1) is 13.8. The van der Waals surface area contributed by atoms with E-state index < -0.39 is 0 Å². The van der Waals surface area contributed by atoms with Gasteiger partial charge in [-0.05, 0) is 26.7 Å². The van der Waals surface area contributed by atoms with Crippen molar-refractivity contribution in [2.75, 3.05) is 32.8 Å². The van der Waals surface area contributed by atoms with Gasteiger partial charge in [0.25, 0.3) is 0 Å². The predicted molar refractivity (Wildman–Crippen MR) is 68.3 cm³/mol. The fourth-order valence-corrected chi connectivity index (χ4v) is 2.82. The molecule has 2 aliphatic heterocycles. The molecule has 2 fully saturated rings. The Bertz CT molecular complexity index is 288. The molecule has 0 aromatic rings. The third-order valence-electron chi connectivity index (χ3n) is 4.04. The van der Waals surface area contributed by atoms with Crippen molar-refractivity contribution in [2.45, 2.75) is 44.9 Å². The highest BCUT2D eigenvalue weighted by Gasteiger charge is 2.33. The van der Waals surface area contributed by atoms with Gasteiger partial charge in [0.2, 0.25) is 5.91 Å². The Labute approximate surface area is 109 Å². The molecule has 1 amide bonds. The zero-order valence-corrected chi connectivity index (χ0v) is 11.3. The number of likely N-dealkylation sites (tertiary alicyclic amines) is 1. The molecule has 104 valence electrons. The number of aliphatic hydroxyl groups excluding tert-OH is 1. The maximum Gasteiger partial charge on any atom is 0.248 e. The van der Waals surface area contributed by atoms with Crippen molar-refractivity contribution in [1.82, 2.24) is 9.80 Å². The quantitative estimate of drug-likeness (QED) is 0.777. The molecular weight excluding hydrogens is 232 g/mol. The summed E-state index contributed by atoms with van der Waals surface area (Å²) in [7, 11) is 0. The summed E-state index contributed by atoms with van der Waals surface area (Å²) in [6.07, 6.45) is 1.86. The molecule has 2 rings (SSSR count). The van der Waals surface area contributed by atoms with E-state index in [0.29, 0.717) is 18.6 Å². The Morgan fingerprint density at radius 3 is 2.61 bits per heavy atom. The van der Waals surface area contributed by atoms with Gasteiger partial charge in [0.1, 0.15) is 6.61 Å². The lowest BCUT2D eigenvalue weighted by Crippen LogP contribution is -2.55. The van der Waals surface area contributed by atoms with E-state index in [1.165, 1.54) is 0 Å². The number of nitrogens with zero attached hydrogens (tertiary/aromatic N) is 2. The Hall–Kier alpha value is -0.650. The zero-order chi connectivity index (χ0) is 13.1. The van der Waals surface area contributed by atoms with Crippen LogP contribution < -0.4 is 0 Å². The molecule has 5 heteroatoms. The van der Waals surface area contributed by atoms with E-state index in [9.17, 15) is 4.79 Å². The molecular formula is C13H24N2O3. The Kier molecular flexibility index (Phi) is 4.59. The highest BCUT2D eigenvalue weighted by molar-refractivity contribution is 5.78. The number of rotatable bonds is 3. The first-order valence-corrected chi connectivity index (χ1v) is 6.87. The fourth-order valence-electron chi connectivity index (χ4n) is 2.82. The van der Waals surface area contributed by atoms with Crippen molar-refractivity contribution in [1.29, 1.82) is 0 Å². The van der Waals surface area contributed by atoms with Gasteiger partial charge < -0.3 is 19.6 Å². The van der Waals surface area contributed by atoms with Gasteiger partial charge in [0.05, 0.1) is 12.7 Å². The Morgan fingerprint density at radius 2 is 2.06 bits per heavy atom. The fraction of sp³-hybridized carbons (Fsp3) is 0.923. The van der Waals surface area contributed by atoms with Crippen LogP contribution in [0.15, 0.2) is 0 Å². The van der Waals surface area contributed by atoms with Crippen molar-refractivity contribution in [3.8, 4) is 0 Å². The summed E-state index contributed by atoms with van der Waals surface area (Å²) in [5, 5.41) is 9.14. The maximum atomic E-state index is 11.9. The minimum Gasteiger partial charge on any atom is -0.394 e. The smallest absolute Gasteiger partial charge is 0.248 e. The van der Waals surface area contributed by atoms with Gasteiger partial charge in [-0.2, -0.15) is 0 Å². The van der Waals surface area contributed by atoms with E-state index in [2.05, 4.69) is 18.7 Å². The molecule has 1 unspecified atom stereocenters. The SMILES string of the molecule is CC(C)N1CCC(N2CC(CO)OCC2=O)CC1. The number of carbonyl (C=O) groups is 1. The van der Waals surface area contributed by atoms with Crippen LogP contribution in [0.4, 0.5) is 0 Å². The van der Waals surface area contributed by atoms with Crippen LogP contribution >= 0.6 is 0 Å². The van der Waals surface area contributed by atoms with Crippen LogP contribution in [-0.2, 0) is 9.53 Å². The first-order chi connectivity index (χ1) is 8.61. The number of aliphatic hydroxyl groups is 1. The van der Waals surface area contributed by atoms with Crippen LogP contribution in [0.5, 0.6) is 0 Å². The molecule has 18 heavy (non-hydrogen) atoms. The van der Waals surface area contributed by atoms with Gasteiger partial charge in [-0.1, -0.05) is 0 Å². The molecule has 0 bridgehead atoms.